The number of fused-ring (bicyclic) bond motifs is 4. The fraction of sp³-hybridized carbons (Fsp3) is 0.485. The molecule has 1 amide bonds. The van der Waals surface area contributed by atoms with Gasteiger partial charge in [-0.1, -0.05) is 24.8 Å². The summed E-state index contributed by atoms with van der Waals surface area (Å²) >= 11 is 0. The predicted molar refractivity (Wildman–Crippen MR) is 161 cm³/mol. The van der Waals surface area contributed by atoms with Gasteiger partial charge < -0.3 is 19.4 Å². The third kappa shape index (κ3) is 4.85. The minimum Gasteiger partial charge on any atom is -0.462 e. The van der Waals surface area contributed by atoms with Crippen LogP contribution in [-0.4, -0.2) is 82.6 Å². The Morgan fingerprint density at radius 1 is 1.18 bits per heavy atom. The molecule has 228 valence electrons. The molecule has 1 aromatic carbocycles. The smallest absolute Gasteiger partial charge is 0.319 e. The first kappa shape index (κ1) is 28.6. The van der Waals surface area contributed by atoms with Gasteiger partial charge in [0.05, 0.1) is 23.9 Å². The van der Waals surface area contributed by atoms with Crippen molar-refractivity contribution in [2.45, 2.75) is 56.5 Å². The first-order valence-electron chi connectivity index (χ1n) is 15.4. The summed E-state index contributed by atoms with van der Waals surface area (Å²) in [5.74, 6) is -0.948. The second-order valence-corrected chi connectivity index (χ2v) is 12.5. The molecular formula is C33H35F2N7O2. The average Bonchev–Trinajstić information content (AvgIpc) is 3.54. The molecule has 7 rings (SSSR count). The van der Waals surface area contributed by atoms with Crippen LogP contribution in [0.3, 0.4) is 0 Å². The lowest BCUT2D eigenvalue weighted by Gasteiger charge is -2.41. The molecule has 4 aliphatic rings. The molecule has 0 radical (unpaired) electrons. The number of amides is 1. The van der Waals surface area contributed by atoms with E-state index < -0.39 is 23.6 Å². The van der Waals surface area contributed by atoms with Crippen LogP contribution in [0.2, 0.25) is 0 Å². The Bertz CT molecular complexity index is 1690. The number of hydrogen-bond acceptors (Lipinski definition) is 8. The summed E-state index contributed by atoms with van der Waals surface area (Å²) in [6, 6.07) is 7.84. The van der Waals surface area contributed by atoms with Crippen LogP contribution >= 0.6 is 0 Å². The SMILES string of the molecule is C=C(F)C(=O)N1CCN(c2nc(OC[C@@H]3CCCN3C)nc3c(F)c(-c4cccc5c4C4CCC4C5)ncc23)C[C@@H]1CC#N. The molecule has 3 fully saturated rings. The Labute approximate surface area is 255 Å². The number of halogens is 2. The van der Waals surface area contributed by atoms with Crippen LogP contribution in [0.4, 0.5) is 14.6 Å². The van der Waals surface area contributed by atoms with E-state index in [1.807, 2.05) is 17.0 Å². The molecule has 0 N–H and O–H groups in total. The molecule has 2 unspecified atom stereocenters. The highest BCUT2D eigenvalue weighted by Gasteiger charge is 2.41. The third-order valence-corrected chi connectivity index (χ3v) is 10.0. The molecule has 11 heteroatoms. The number of nitriles is 1. The topological polar surface area (TPSA) is 98.5 Å². The van der Waals surface area contributed by atoms with Gasteiger partial charge in [0.15, 0.2) is 11.6 Å². The lowest BCUT2D eigenvalue weighted by Crippen LogP contribution is -2.55. The predicted octanol–water partition coefficient (Wildman–Crippen LogP) is 4.77. The van der Waals surface area contributed by atoms with Gasteiger partial charge in [0, 0.05) is 37.4 Å². The van der Waals surface area contributed by atoms with Crippen molar-refractivity contribution >= 4 is 22.6 Å². The normalized spacial score (nSPS) is 24.5. The number of piperazine rings is 1. The number of likely N-dealkylation sites (N-methyl/N-ethyl adjacent to an activating group) is 1. The minimum atomic E-state index is -1.07. The van der Waals surface area contributed by atoms with Crippen molar-refractivity contribution < 1.29 is 18.3 Å². The van der Waals surface area contributed by atoms with E-state index in [4.69, 9.17) is 9.72 Å². The number of carbonyl (C=O) groups is 1. The average molecular weight is 600 g/mol. The van der Waals surface area contributed by atoms with Crippen LogP contribution in [0, 0.1) is 23.1 Å². The summed E-state index contributed by atoms with van der Waals surface area (Å²) in [5.41, 5.74) is 3.68. The van der Waals surface area contributed by atoms with Gasteiger partial charge in [-0.2, -0.15) is 15.2 Å². The second kappa shape index (κ2) is 11.4. The van der Waals surface area contributed by atoms with E-state index in [0.717, 1.165) is 37.8 Å². The molecule has 2 aromatic heterocycles. The standard InChI is InChI=1S/C33H35F2N7O2/c1-19(34)32(43)42-14-13-41(17-22(42)10-11-36)31-26-16-37-29(25-7-3-5-21-15-20-8-9-24(20)27(21)25)28(35)30(26)38-33(39-31)44-18-23-6-4-12-40(23)2/h3,5,7,16,20,22-24H,1,4,6,8-10,12-15,17-18H2,2H3/t20?,22-,23-,24?/m0/s1. The molecule has 2 aliphatic carbocycles. The Balaban J connectivity index is 1.29. The molecule has 4 atom stereocenters. The van der Waals surface area contributed by atoms with E-state index in [1.54, 1.807) is 6.20 Å². The number of nitrogens with zero attached hydrogens (tertiary/aromatic N) is 7. The van der Waals surface area contributed by atoms with Crippen molar-refractivity contribution in [3.05, 3.63) is 53.7 Å². The maximum atomic E-state index is 16.7. The van der Waals surface area contributed by atoms with Gasteiger partial charge in [-0.3, -0.25) is 9.78 Å². The van der Waals surface area contributed by atoms with Gasteiger partial charge in [0.1, 0.15) is 23.6 Å². The van der Waals surface area contributed by atoms with Gasteiger partial charge in [-0.05, 0) is 68.7 Å². The Morgan fingerprint density at radius 3 is 2.77 bits per heavy atom. The van der Waals surface area contributed by atoms with E-state index in [9.17, 15) is 14.4 Å². The zero-order chi connectivity index (χ0) is 30.5. The summed E-state index contributed by atoms with van der Waals surface area (Å²) in [6.45, 7) is 5.13. The van der Waals surface area contributed by atoms with E-state index in [1.165, 1.54) is 22.4 Å². The lowest BCUT2D eigenvalue weighted by molar-refractivity contribution is -0.131. The molecule has 2 saturated heterocycles. The van der Waals surface area contributed by atoms with Gasteiger partial charge >= 0.3 is 6.01 Å². The summed E-state index contributed by atoms with van der Waals surface area (Å²) < 4.78 is 36.6. The zero-order valence-electron chi connectivity index (χ0n) is 24.8. The Morgan fingerprint density at radius 2 is 2.05 bits per heavy atom. The molecule has 1 saturated carbocycles. The van der Waals surface area contributed by atoms with Crippen molar-refractivity contribution in [3.63, 3.8) is 0 Å². The first-order chi connectivity index (χ1) is 21.3. The van der Waals surface area contributed by atoms with Crippen molar-refractivity contribution in [1.82, 2.24) is 24.8 Å². The molecule has 44 heavy (non-hydrogen) atoms. The van der Waals surface area contributed by atoms with Crippen LogP contribution < -0.4 is 9.64 Å². The molecule has 9 nitrogen and oxygen atoms in total. The quantitative estimate of drug-likeness (QED) is 0.359. The second-order valence-electron chi connectivity index (χ2n) is 12.5. The number of anilines is 1. The highest BCUT2D eigenvalue weighted by Crippen LogP contribution is 2.54. The zero-order valence-corrected chi connectivity index (χ0v) is 24.8. The fourth-order valence-electron chi connectivity index (χ4n) is 7.54. The number of carbonyl (C=O) groups excluding carboxylic acids is 1. The third-order valence-electron chi connectivity index (χ3n) is 10.0. The Kier molecular flexibility index (Phi) is 7.41. The molecule has 2 aliphatic heterocycles. The van der Waals surface area contributed by atoms with Crippen molar-refractivity contribution in [1.29, 1.82) is 5.26 Å². The molecular weight excluding hydrogens is 564 g/mol. The number of pyridine rings is 1. The number of aromatic nitrogens is 3. The van der Waals surface area contributed by atoms with Gasteiger partial charge in [0.2, 0.25) is 0 Å². The van der Waals surface area contributed by atoms with Crippen LogP contribution in [-0.2, 0) is 11.2 Å². The number of ether oxygens (including phenoxy) is 1. The fourth-order valence-corrected chi connectivity index (χ4v) is 7.54. The number of hydrogen-bond donors (Lipinski definition) is 0. The first-order valence-corrected chi connectivity index (χ1v) is 15.4. The maximum Gasteiger partial charge on any atom is 0.319 e. The molecule has 4 heterocycles. The Hall–Kier alpha value is -4.17. The molecule has 0 spiro atoms. The van der Waals surface area contributed by atoms with E-state index in [0.29, 0.717) is 29.6 Å². The van der Waals surface area contributed by atoms with E-state index in [-0.39, 0.29) is 49.3 Å². The summed E-state index contributed by atoms with van der Waals surface area (Å²) in [6.07, 6.45) is 7.01. The van der Waals surface area contributed by atoms with E-state index in [2.05, 4.69) is 40.6 Å². The maximum absolute atomic E-state index is 16.7. The van der Waals surface area contributed by atoms with Crippen LogP contribution in [0.25, 0.3) is 22.2 Å². The lowest BCUT2D eigenvalue weighted by atomic mass is 9.73. The monoisotopic (exact) mass is 599 g/mol. The van der Waals surface area contributed by atoms with Crippen molar-refractivity contribution in [2.75, 3.05) is 44.7 Å². The van der Waals surface area contributed by atoms with Gasteiger partial charge in [-0.25, -0.2) is 8.78 Å². The van der Waals surface area contributed by atoms with Crippen LogP contribution in [0.1, 0.15) is 49.1 Å². The summed E-state index contributed by atoms with van der Waals surface area (Å²) in [5, 5.41) is 9.89. The van der Waals surface area contributed by atoms with Crippen LogP contribution in [0.15, 0.2) is 36.8 Å². The largest absolute Gasteiger partial charge is 0.462 e. The van der Waals surface area contributed by atoms with E-state index >= 15 is 4.39 Å². The number of likely N-dealkylation sites (tertiary alicyclic amines) is 1. The van der Waals surface area contributed by atoms with Crippen LogP contribution in [0.5, 0.6) is 6.01 Å². The van der Waals surface area contributed by atoms with Gasteiger partial charge in [-0.15, -0.1) is 0 Å². The minimum absolute atomic E-state index is 0.00601. The summed E-state index contributed by atoms with van der Waals surface area (Å²) in [4.78, 5) is 31.9. The van der Waals surface area contributed by atoms with Crippen molar-refractivity contribution in [2.24, 2.45) is 5.92 Å². The molecule has 3 aromatic rings. The van der Waals surface area contributed by atoms with Crippen molar-refractivity contribution in [3.8, 4) is 23.3 Å². The highest BCUT2D eigenvalue weighted by atomic mass is 19.1. The number of benzene rings is 1. The number of rotatable bonds is 7. The summed E-state index contributed by atoms with van der Waals surface area (Å²) in [7, 11) is 2.05. The van der Waals surface area contributed by atoms with Gasteiger partial charge in [0.25, 0.3) is 5.91 Å². The highest BCUT2D eigenvalue weighted by molar-refractivity contribution is 5.93. The molecule has 0 bridgehead atoms.